The third-order valence-corrected chi connectivity index (χ3v) is 7.99. The van der Waals surface area contributed by atoms with Crippen molar-refractivity contribution in [1.29, 1.82) is 0 Å². The highest BCUT2D eigenvalue weighted by Crippen LogP contribution is 2.40. The van der Waals surface area contributed by atoms with Crippen LogP contribution in [-0.4, -0.2) is 34.6 Å². The Morgan fingerprint density at radius 3 is 2.45 bits per heavy atom. The van der Waals surface area contributed by atoms with Crippen LogP contribution in [-0.2, 0) is 19.6 Å². The second kappa shape index (κ2) is 11.7. The van der Waals surface area contributed by atoms with Crippen LogP contribution in [0.4, 0.5) is 5.69 Å². The number of aryl methyl sites for hydroxylation is 1. The van der Waals surface area contributed by atoms with E-state index in [2.05, 4.69) is 5.32 Å². The molecule has 3 rings (SSSR count). The van der Waals surface area contributed by atoms with E-state index in [9.17, 15) is 13.2 Å². The van der Waals surface area contributed by atoms with Gasteiger partial charge in [-0.05, 0) is 62.1 Å². The van der Waals surface area contributed by atoms with Crippen molar-refractivity contribution in [3.63, 3.8) is 0 Å². The maximum atomic E-state index is 13.3. The molecule has 1 aliphatic rings. The predicted molar refractivity (Wildman–Crippen MR) is 132 cm³/mol. The monoisotopic (exact) mass is 472 g/mol. The predicted octanol–water partition coefficient (Wildman–Crippen LogP) is 5.11. The molecule has 0 aliphatic carbocycles. The van der Waals surface area contributed by atoms with Gasteiger partial charge in [-0.1, -0.05) is 56.0 Å². The number of ether oxygens (including phenoxy) is 1. The average Bonchev–Trinajstić information content (AvgIpc) is 2.86. The summed E-state index contributed by atoms with van der Waals surface area (Å²) in [5.74, 6) is -0.103. The van der Waals surface area contributed by atoms with Gasteiger partial charge in [0.15, 0.2) is 0 Å². The highest BCUT2D eigenvalue weighted by molar-refractivity contribution is 7.92. The summed E-state index contributed by atoms with van der Waals surface area (Å²) in [5.41, 5.74) is 3.42. The molecule has 6 nitrogen and oxygen atoms in total. The van der Waals surface area contributed by atoms with E-state index in [1.165, 1.54) is 4.31 Å². The topological polar surface area (TPSA) is 75.7 Å². The van der Waals surface area contributed by atoms with Gasteiger partial charge in [0.25, 0.3) is 10.0 Å². The smallest absolute Gasteiger partial charge is 0.305 e. The van der Waals surface area contributed by atoms with Crippen LogP contribution >= 0.6 is 0 Å². The summed E-state index contributed by atoms with van der Waals surface area (Å²) < 4.78 is 33.0. The number of nitrogens with zero attached hydrogens (tertiary/aromatic N) is 1. The molecule has 2 aromatic rings. The number of nitrogens with one attached hydrogen (secondary N) is 1. The lowest BCUT2D eigenvalue weighted by atomic mass is 9.96. The molecule has 1 atom stereocenters. The van der Waals surface area contributed by atoms with Crippen molar-refractivity contribution in [2.45, 2.75) is 69.7 Å². The molecule has 33 heavy (non-hydrogen) atoms. The molecular weight excluding hydrogens is 436 g/mol. The first-order chi connectivity index (χ1) is 15.9. The van der Waals surface area contributed by atoms with Crippen molar-refractivity contribution >= 4 is 21.7 Å². The van der Waals surface area contributed by atoms with Crippen LogP contribution in [0.15, 0.2) is 47.4 Å². The Bertz CT molecular complexity index is 1050. The molecule has 1 heterocycles. The summed E-state index contributed by atoms with van der Waals surface area (Å²) in [4.78, 5) is 11.8. The largest absolute Gasteiger partial charge is 0.466 e. The van der Waals surface area contributed by atoms with E-state index in [-0.39, 0.29) is 12.0 Å². The first kappa shape index (κ1) is 25.2. The van der Waals surface area contributed by atoms with Crippen molar-refractivity contribution in [2.24, 2.45) is 0 Å². The second-order valence-electron chi connectivity index (χ2n) is 8.64. The molecule has 0 amide bonds. The maximum Gasteiger partial charge on any atom is 0.305 e. The second-order valence-corrected chi connectivity index (χ2v) is 10.6. The van der Waals surface area contributed by atoms with Gasteiger partial charge in [0.1, 0.15) is 0 Å². The maximum absolute atomic E-state index is 13.3. The highest BCUT2D eigenvalue weighted by Gasteiger charge is 2.34. The van der Waals surface area contributed by atoms with E-state index in [1.54, 1.807) is 13.1 Å². The number of unbranched alkanes of at least 4 members (excludes halogenated alkanes) is 5. The van der Waals surface area contributed by atoms with Crippen LogP contribution in [0.5, 0.6) is 0 Å². The Balaban J connectivity index is 1.60. The number of esters is 1. The Morgan fingerprint density at radius 1 is 1.00 bits per heavy atom. The normalized spacial score (nSPS) is 16.6. The number of carbonyl (C=O) groups excluding carboxylic acids is 1. The molecular formula is C26H36N2O4S. The number of hydrogen-bond acceptors (Lipinski definition) is 5. The summed E-state index contributed by atoms with van der Waals surface area (Å²) in [5, 5.41) is 3.63. The minimum absolute atomic E-state index is 0.103. The molecule has 1 N–H and O–H groups in total. The number of fused-ring (bicyclic) bond motifs is 2. The van der Waals surface area contributed by atoms with Gasteiger partial charge in [-0.3, -0.25) is 9.10 Å². The fraction of sp³-hybridized carbons (Fsp3) is 0.500. The quantitative estimate of drug-likeness (QED) is 0.363. The van der Waals surface area contributed by atoms with Gasteiger partial charge in [-0.25, -0.2) is 8.42 Å². The molecule has 0 bridgehead atoms. The standard InChI is InChI=1S/C26H36N2O4S/c1-4-32-25(29)15-9-7-5-6-8-12-18-27-26-21-13-10-11-14-23(21)28(3)33(30,31)24-19-20(2)16-17-22(24)26/h10-11,13-14,16-17,19,26-27H,4-9,12,15,18H2,1-3H3. The van der Waals surface area contributed by atoms with Crippen molar-refractivity contribution in [1.82, 2.24) is 5.32 Å². The summed E-state index contributed by atoms with van der Waals surface area (Å²) in [6.07, 6.45) is 6.77. The molecule has 0 aromatic heterocycles. The van der Waals surface area contributed by atoms with Gasteiger partial charge in [0.2, 0.25) is 0 Å². The van der Waals surface area contributed by atoms with Gasteiger partial charge in [-0.2, -0.15) is 0 Å². The Labute approximate surface area is 198 Å². The zero-order chi connectivity index (χ0) is 23.8. The van der Waals surface area contributed by atoms with Crippen LogP contribution in [0, 0.1) is 6.92 Å². The fourth-order valence-corrected chi connectivity index (χ4v) is 5.91. The minimum atomic E-state index is -3.62. The third kappa shape index (κ3) is 6.15. The van der Waals surface area contributed by atoms with Crippen molar-refractivity contribution < 1.29 is 17.9 Å². The lowest BCUT2D eigenvalue weighted by Gasteiger charge is -2.22. The van der Waals surface area contributed by atoms with Gasteiger partial charge in [-0.15, -0.1) is 0 Å². The third-order valence-electron chi connectivity index (χ3n) is 6.17. The number of hydrogen-bond donors (Lipinski definition) is 1. The van der Waals surface area contributed by atoms with Gasteiger partial charge < -0.3 is 10.1 Å². The number of benzene rings is 2. The van der Waals surface area contributed by atoms with E-state index < -0.39 is 10.0 Å². The van der Waals surface area contributed by atoms with Crippen LogP contribution in [0.1, 0.15) is 74.6 Å². The average molecular weight is 473 g/mol. The molecule has 0 spiro atoms. The fourth-order valence-electron chi connectivity index (χ4n) is 4.37. The van der Waals surface area contributed by atoms with Gasteiger partial charge >= 0.3 is 5.97 Å². The van der Waals surface area contributed by atoms with Crippen LogP contribution < -0.4 is 9.62 Å². The number of anilines is 1. The molecule has 0 saturated carbocycles. The molecule has 0 fully saturated rings. The van der Waals surface area contributed by atoms with Crippen molar-refractivity contribution in [3.05, 3.63) is 59.2 Å². The van der Waals surface area contributed by atoms with E-state index in [4.69, 9.17) is 4.74 Å². The lowest BCUT2D eigenvalue weighted by molar-refractivity contribution is -0.143. The SMILES string of the molecule is CCOC(=O)CCCCCCCCNC1c2ccccc2N(C)S(=O)(=O)c2cc(C)ccc21. The Hall–Kier alpha value is -2.38. The summed E-state index contributed by atoms with van der Waals surface area (Å²) in [6, 6.07) is 13.2. The number of rotatable bonds is 11. The first-order valence-electron chi connectivity index (χ1n) is 11.9. The Kier molecular flexibility index (Phi) is 8.92. The molecule has 1 aliphatic heterocycles. The zero-order valence-corrected chi connectivity index (χ0v) is 20.8. The Morgan fingerprint density at radius 2 is 1.70 bits per heavy atom. The summed E-state index contributed by atoms with van der Waals surface area (Å²) in [6.45, 7) is 5.00. The lowest BCUT2D eigenvalue weighted by Crippen LogP contribution is -2.26. The van der Waals surface area contributed by atoms with E-state index in [0.717, 1.165) is 61.8 Å². The van der Waals surface area contributed by atoms with Gasteiger partial charge in [0.05, 0.1) is 23.2 Å². The zero-order valence-electron chi connectivity index (χ0n) is 20.0. The molecule has 2 aromatic carbocycles. The molecule has 0 radical (unpaired) electrons. The highest BCUT2D eigenvalue weighted by atomic mass is 32.2. The molecule has 1 unspecified atom stereocenters. The van der Waals surface area contributed by atoms with Crippen molar-refractivity contribution in [2.75, 3.05) is 24.5 Å². The molecule has 180 valence electrons. The molecule has 7 heteroatoms. The number of para-hydroxylation sites is 1. The van der Waals surface area contributed by atoms with Crippen LogP contribution in [0.3, 0.4) is 0 Å². The summed E-state index contributed by atoms with van der Waals surface area (Å²) in [7, 11) is -1.99. The summed E-state index contributed by atoms with van der Waals surface area (Å²) >= 11 is 0. The van der Waals surface area contributed by atoms with Crippen LogP contribution in [0.25, 0.3) is 0 Å². The van der Waals surface area contributed by atoms with Gasteiger partial charge in [0, 0.05) is 13.5 Å². The molecule has 0 saturated heterocycles. The van der Waals surface area contributed by atoms with Crippen LogP contribution in [0.2, 0.25) is 0 Å². The first-order valence-corrected chi connectivity index (χ1v) is 13.4. The number of carbonyl (C=O) groups is 1. The van der Waals surface area contributed by atoms with E-state index >= 15 is 0 Å². The van der Waals surface area contributed by atoms with E-state index in [0.29, 0.717) is 23.6 Å². The van der Waals surface area contributed by atoms with E-state index in [1.807, 2.05) is 50.2 Å². The van der Waals surface area contributed by atoms with Crippen molar-refractivity contribution in [3.8, 4) is 0 Å². The minimum Gasteiger partial charge on any atom is -0.466 e. The number of sulfonamides is 1.